The predicted molar refractivity (Wildman–Crippen MR) is 88.5 cm³/mol. The molecule has 0 saturated carbocycles. The summed E-state index contributed by atoms with van der Waals surface area (Å²) >= 11 is 0. The quantitative estimate of drug-likeness (QED) is 0.843. The number of aryl methyl sites for hydroxylation is 1. The number of fused-ring (bicyclic) bond motifs is 1. The van der Waals surface area contributed by atoms with Crippen LogP contribution in [0.25, 0.3) is 0 Å². The fraction of sp³-hybridized carbons (Fsp3) is 0.421. The van der Waals surface area contributed by atoms with E-state index in [0.29, 0.717) is 19.0 Å². The molecule has 0 N–H and O–H groups in total. The molecular formula is C19H21NO4. The number of carbonyl (C=O) groups is 1. The SMILES string of the molecule is Cc1ccoc1C(=O)N1CCC[C@@H]1c1ccc2c(c1)OCCCO2. The summed E-state index contributed by atoms with van der Waals surface area (Å²) in [4.78, 5) is 14.7. The van der Waals surface area contributed by atoms with Crippen molar-refractivity contribution >= 4 is 5.91 Å². The van der Waals surface area contributed by atoms with Crippen molar-refractivity contribution in [3.8, 4) is 11.5 Å². The van der Waals surface area contributed by atoms with Crippen molar-refractivity contribution in [2.45, 2.75) is 32.2 Å². The van der Waals surface area contributed by atoms with Crippen LogP contribution in [0.5, 0.6) is 11.5 Å². The molecule has 4 rings (SSSR count). The first-order valence-corrected chi connectivity index (χ1v) is 8.48. The van der Waals surface area contributed by atoms with E-state index < -0.39 is 0 Å². The number of ether oxygens (including phenoxy) is 2. The van der Waals surface area contributed by atoms with E-state index in [4.69, 9.17) is 13.9 Å². The Morgan fingerprint density at radius 2 is 1.96 bits per heavy atom. The van der Waals surface area contributed by atoms with Crippen LogP contribution in [0.2, 0.25) is 0 Å². The van der Waals surface area contributed by atoms with Crippen molar-refractivity contribution in [2.24, 2.45) is 0 Å². The molecule has 0 spiro atoms. The van der Waals surface area contributed by atoms with Gasteiger partial charge in [-0.1, -0.05) is 6.07 Å². The van der Waals surface area contributed by atoms with Gasteiger partial charge in [0.05, 0.1) is 25.5 Å². The van der Waals surface area contributed by atoms with Gasteiger partial charge in [-0.2, -0.15) is 0 Å². The maximum atomic E-state index is 12.8. The van der Waals surface area contributed by atoms with Crippen LogP contribution in [0, 0.1) is 6.92 Å². The first-order valence-electron chi connectivity index (χ1n) is 8.48. The van der Waals surface area contributed by atoms with Crippen LogP contribution in [0.1, 0.15) is 47.0 Å². The number of likely N-dealkylation sites (tertiary alicyclic amines) is 1. The van der Waals surface area contributed by atoms with Crippen molar-refractivity contribution < 1.29 is 18.7 Å². The van der Waals surface area contributed by atoms with Crippen LogP contribution in [0.3, 0.4) is 0 Å². The summed E-state index contributed by atoms with van der Waals surface area (Å²) in [5.41, 5.74) is 1.97. The highest BCUT2D eigenvalue weighted by atomic mass is 16.5. The molecule has 1 aromatic carbocycles. The van der Waals surface area contributed by atoms with Crippen LogP contribution >= 0.6 is 0 Å². The van der Waals surface area contributed by atoms with Gasteiger partial charge in [-0.3, -0.25) is 4.79 Å². The maximum absolute atomic E-state index is 12.8. The molecule has 2 aliphatic heterocycles. The molecule has 2 aromatic rings. The van der Waals surface area contributed by atoms with Gasteiger partial charge in [0, 0.05) is 18.5 Å². The van der Waals surface area contributed by atoms with Crippen molar-refractivity contribution in [3.63, 3.8) is 0 Å². The van der Waals surface area contributed by atoms with Gasteiger partial charge < -0.3 is 18.8 Å². The van der Waals surface area contributed by atoms with E-state index in [1.54, 1.807) is 6.26 Å². The highest BCUT2D eigenvalue weighted by molar-refractivity contribution is 5.93. The second-order valence-corrected chi connectivity index (χ2v) is 6.35. The Kier molecular flexibility index (Phi) is 3.92. The number of hydrogen-bond acceptors (Lipinski definition) is 4. The highest BCUT2D eigenvalue weighted by Gasteiger charge is 2.33. The molecule has 5 nitrogen and oxygen atoms in total. The Labute approximate surface area is 141 Å². The van der Waals surface area contributed by atoms with E-state index in [9.17, 15) is 4.79 Å². The van der Waals surface area contributed by atoms with Crippen LogP contribution < -0.4 is 9.47 Å². The molecule has 5 heteroatoms. The number of carbonyl (C=O) groups excluding carboxylic acids is 1. The van der Waals surface area contributed by atoms with Crippen molar-refractivity contribution in [3.05, 3.63) is 47.4 Å². The molecular weight excluding hydrogens is 306 g/mol. The van der Waals surface area contributed by atoms with E-state index >= 15 is 0 Å². The van der Waals surface area contributed by atoms with Crippen molar-refractivity contribution in [1.29, 1.82) is 0 Å². The van der Waals surface area contributed by atoms with Crippen LogP contribution in [0.4, 0.5) is 0 Å². The van der Waals surface area contributed by atoms with Crippen LogP contribution in [-0.2, 0) is 0 Å². The zero-order chi connectivity index (χ0) is 16.5. The number of rotatable bonds is 2. The predicted octanol–water partition coefficient (Wildman–Crippen LogP) is 3.73. The lowest BCUT2D eigenvalue weighted by atomic mass is 10.0. The largest absolute Gasteiger partial charge is 0.490 e. The fourth-order valence-electron chi connectivity index (χ4n) is 3.47. The van der Waals surface area contributed by atoms with E-state index in [-0.39, 0.29) is 11.9 Å². The molecule has 126 valence electrons. The smallest absolute Gasteiger partial charge is 0.290 e. The highest BCUT2D eigenvalue weighted by Crippen LogP contribution is 2.38. The summed E-state index contributed by atoms with van der Waals surface area (Å²) < 4.78 is 16.9. The summed E-state index contributed by atoms with van der Waals surface area (Å²) in [6, 6.07) is 7.89. The number of furan rings is 1. The first kappa shape index (κ1) is 15.1. The third-order valence-corrected chi connectivity index (χ3v) is 4.73. The van der Waals surface area contributed by atoms with Gasteiger partial charge >= 0.3 is 0 Å². The standard InChI is InChI=1S/C19H21NO4/c1-13-7-11-24-18(13)19(21)20-8-2-4-15(20)14-5-6-16-17(12-14)23-10-3-9-22-16/h5-7,11-12,15H,2-4,8-10H2,1H3/t15-/m1/s1. The second-order valence-electron chi connectivity index (χ2n) is 6.35. The molecule has 1 aromatic heterocycles. The molecule has 0 radical (unpaired) electrons. The average Bonchev–Trinajstić information content (AvgIpc) is 3.18. The van der Waals surface area contributed by atoms with Crippen molar-refractivity contribution in [2.75, 3.05) is 19.8 Å². The van der Waals surface area contributed by atoms with E-state index in [0.717, 1.165) is 48.4 Å². The molecule has 3 heterocycles. The van der Waals surface area contributed by atoms with E-state index in [2.05, 4.69) is 0 Å². The second kappa shape index (κ2) is 6.23. The first-order chi connectivity index (χ1) is 11.7. The maximum Gasteiger partial charge on any atom is 0.290 e. The third-order valence-electron chi connectivity index (χ3n) is 4.73. The zero-order valence-electron chi connectivity index (χ0n) is 13.8. The molecule has 0 unspecified atom stereocenters. The summed E-state index contributed by atoms with van der Waals surface area (Å²) in [5.74, 6) is 1.97. The number of hydrogen-bond donors (Lipinski definition) is 0. The van der Waals surface area contributed by atoms with Crippen LogP contribution in [-0.4, -0.2) is 30.6 Å². The molecule has 0 aliphatic carbocycles. The number of benzene rings is 1. The van der Waals surface area contributed by atoms with Gasteiger partial charge in [0.1, 0.15) is 0 Å². The summed E-state index contributed by atoms with van der Waals surface area (Å²) in [7, 11) is 0. The van der Waals surface area contributed by atoms with Gasteiger partial charge in [0.25, 0.3) is 5.91 Å². The number of nitrogens with zero attached hydrogens (tertiary/aromatic N) is 1. The fourth-order valence-corrected chi connectivity index (χ4v) is 3.47. The van der Waals surface area contributed by atoms with Gasteiger partial charge in [0.2, 0.25) is 0 Å². The van der Waals surface area contributed by atoms with E-state index in [1.165, 1.54) is 0 Å². The Morgan fingerprint density at radius 1 is 1.12 bits per heavy atom. The molecule has 2 aliphatic rings. The molecule has 0 bridgehead atoms. The van der Waals surface area contributed by atoms with Gasteiger partial charge in [-0.05, 0) is 43.5 Å². The Morgan fingerprint density at radius 3 is 2.75 bits per heavy atom. The van der Waals surface area contributed by atoms with Gasteiger partial charge in [-0.25, -0.2) is 0 Å². The Balaban J connectivity index is 1.62. The minimum atomic E-state index is -0.0351. The third kappa shape index (κ3) is 2.64. The Bertz CT molecular complexity index is 752. The average molecular weight is 327 g/mol. The molecule has 1 atom stereocenters. The normalized spacial score (nSPS) is 20.0. The zero-order valence-corrected chi connectivity index (χ0v) is 13.8. The summed E-state index contributed by atoms with van der Waals surface area (Å²) in [6.07, 6.45) is 4.40. The molecule has 24 heavy (non-hydrogen) atoms. The van der Waals surface area contributed by atoms with Crippen LogP contribution in [0.15, 0.2) is 34.9 Å². The van der Waals surface area contributed by atoms with Gasteiger partial charge in [-0.15, -0.1) is 0 Å². The topological polar surface area (TPSA) is 51.9 Å². The minimum Gasteiger partial charge on any atom is -0.490 e. The lowest BCUT2D eigenvalue weighted by Gasteiger charge is -2.25. The minimum absolute atomic E-state index is 0.0351. The number of amides is 1. The monoisotopic (exact) mass is 327 g/mol. The van der Waals surface area contributed by atoms with Gasteiger partial charge in [0.15, 0.2) is 17.3 Å². The lowest BCUT2D eigenvalue weighted by Crippen LogP contribution is -2.30. The summed E-state index contributed by atoms with van der Waals surface area (Å²) in [6.45, 7) is 3.99. The molecule has 1 fully saturated rings. The van der Waals surface area contributed by atoms with E-state index in [1.807, 2.05) is 36.1 Å². The Hall–Kier alpha value is -2.43. The van der Waals surface area contributed by atoms with Crippen molar-refractivity contribution in [1.82, 2.24) is 4.90 Å². The lowest BCUT2D eigenvalue weighted by molar-refractivity contribution is 0.0702. The molecule has 1 amide bonds. The molecule has 1 saturated heterocycles. The summed E-state index contributed by atoms with van der Waals surface area (Å²) in [5, 5.41) is 0.